The van der Waals surface area contributed by atoms with E-state index < -0.39 is 24.0 Å². The van der Waals surface area contributed by atoms with E-state index in [1.54, 1.807) is 29.3 Å². The second-order valence-corrected chi connectivity index (χ2v) is 9.01. The summed E-state index contributed by atoms with van der Waals surface area (Å²) in [5.74, 6) is -1.62. The molecule has 1 aromatic heterocycles. The summed E-state index contributed by atoms with van der Waals surface area (Å²) in [6.45, 7) is 0. The second-order valence-electron chi connectivity index (χ2n) is 8.21. The largest absolute Gasteiger partial charge is 0.273 e. The summed E-state index contributed by atoms with van der Waals surface area (Å²) in [5.41, 5.74) is 2.48. The first-order valence-electron chi connectivity index (χ1n) is 10.7. The van der Waals surface area contributed by atoms with Gasteiger partial charge in [0.1, 0.15) is 11.1 Å². The van der Waals surface area contributed by atoms with Gasteiger partial charge in [-0.3, -0.25) is 14.4 Å². The zero-order valence-corrected chi connectivity index (χ0v) is 19.1. The number of nitrogens with zero attached hydrogens (tertiary/aromatic N) is 3. The number of hydrogen-bond donors (Lipinski definition) is 0. The van der Waals surface area contributed by atoms with Crippen LogP contribution in [-0.4, -0.2) is 22.9 Å². The molecule has 3 aromatic carbocycles. The fourth-order valence-corrected chi connectivity index (χ4v) is 5.16. The van der Waals surface area contributed by atoms with E-state index in [0.717, 1.165) is 15.8 Å². The van der Waals surface area contributed by atoms with Gasteiger partial charge in [0.2, 0.25) is 5.91 Å². The van der Waals surface area contributed by atoms with E-state index in [-0.39, 0.29) is 11.1 Å². The molecule has 2 aliphatic heterocycles. The first-order valence-corrected chi connectivity index (χ1v) is 11.5. The third-order valence-electron chi connectivity index (χ3n) is 6.22. The van der Waals surface area contributed by atoms with E-state index in [0.29, 0.717) is 22.0 Å². The van der Waals surface area contributed by atoms with E-state index >= 15 is 0 Å². The third-order valence-corrected chi connectivity index (χ3v) is 6.75. The van der Waals surface area contributed by atoms with E-state index in [4.69, 9.17) is 28.0 Å². The summed E-state index contributed by atoms with van der Waals surface area (Å²) in [6, 6.07) is 24.9. The number of amides is 2. The fraction of sp³-hybridized carbons (Fsp3) is 0.115. The van der Waals surface area contributed by atoms with Crippen LogP contribution in [0.25, 0.3) is 10.9 Å². The molecule has 0 aliphatic carbocycles. The number of fused-ring (bicyclic) bond motifs is 2. The second kappa shape index (κ2) is 8.09. The van der Waals surface area contributed by atoms with Crippen molar-refractivity contribution in [1.82, 2.24) is 4.98 Å². The van der Waals surface area contributed by atoms with Crippen molar-refractivity contribution in [3.63, 3.8) is 0 Å². The van der Waals surface area contributed by atoms with E-state index in [2.05, 4.69) is 4.98 Å². The maximum absolute atomic E-state index is 13.7. The molecular formula is C26H17Cl2N3O3. The van der Waals surface area contributed by atoms with Crippen LogP contribution in [0.1, 0.15) is 11.6 Å². The Morgan fingerprint density at radius 2 is 1.53 bits per heavy atom. The number of anilines is 2. The normalized spacial score (nSPS) is 22.0. The van der Waals surface area contributed by atoms with Gasteiger partial charge >= 0.3 is 0 Å². The van der Waals surface area contributed by atoms with Crippen molar-refractivity contribution in [2.24, 2.45) is 5.92 Å². The molecule has 2 saturated heterocycles. The highest BCUT2D eigenvalue weighted by Gasteiger charge is 2.60. The average molecular weight is 490 g/mol. The van der Waals surface area contributed by atoms with Crippen molar-refractivity contribution in [3.05, 3.63) is 101 Å². The van der Waals surface area contributed by atoms with Crippen molar-refractivity contribution < 1.29 is 14.4 Å². The summed E-state index contributed by atoms with van der Waals surface area (Å²) >= 11 is 12.8. The van der Waals surface area contributed by atoms with Crippen LogP contribution in [0.5, 0.6) is 0 Å². The highest BCUT2D eigenvalue weighted by molar-refractivity contribution is 6.32. The lowest BCUT2D eigenvalue weighted by atomic mass is 9.90. The highest BCUT2D eigenvalue weighted by atomic mass is 35.5. The Balaban J connectivity index is 1.50. The molecule has 6 rings (SSSR count). The predicted octanol–water partition coefficient (Wildman–Crippen LogP) is 5.59. The number of rotatable bonds is 3. The van der Waals surface area contributed by atoms with Gasteiger partial charge in [0.15, 0.2) is 6.10 Å². The third kappa shape index (κ3) is 3.26. The number of pyridine rings is 1. The number of carbonyl (C=O) groups excluding carboxylic acids is 2. The first kappa shape index (κ1) is 21.1. The lowest BCUT2D eigenvalue weighted by Crippen LogP contribution is -2.37. The van der Waals surface area contributed by atoms with Crippen LogP contribution in [0.3, 0.4) is 0 Å². The van der Waals surface area contributed by atoms with E-state index in [1.807, 2.05) is 60.7 Å². The fourth-order valence-electron chi connectivity index (χ4n) is 4.72. The number of para-hydroxylation sites is 2. The van der Waals surface area contributed by atoms with Crippen LogP contribution in [0.15, 0.2) is 84.9 Å². The SMILES string of the molecule is O=C1[C@@H]2[C@@H](ON(c3ccccc3)[C@H]2c2cc3ccccc3nc2Cl)C(=O)N1c1cccc(Cl)c1. The van der Waals surface area contributed by atoms with Crippen LogP contribution >= 0.6 is 23.2 Å². The van der Waals surface area contributed by atoms with Crippen molar-refractivity contribution in [3.8, 4) is 0 Å². The Morgan fingerprint density at radius 1 is 0.794 bits per heavy atom. The monoisotopic (exact) mass is 489 g/mol. The predicted molar refractivity (Wildman–Crippen MR) is 131 cm³/mol. The van der Waals surface area contributed by atoms with Crippen molar-refractivity contribution in [2.75, 3.05) is 9.96 Å². The molecule has 0 N–H and O–H groups in total. The molecule has 34 heavy (non-hydrogen) atoms. The van der Waals surface area contributed by atoms with Crippen LogP contribution in [0.4, 0.5) is 11.4 Å². The first-order chi connectivity index (χ1) is 16.5. The van der Waals surface area contributed by atoms with Gasteiger partial charge in [-0.25, -0.2) is 14.9 Å². The minimum absolute atomic E-state index is 0.260. The maximum Gasteiger partial charge on any atom is 0.266 e. The summed E-state index contributed by atoms with van der Waals surface area (Å²) in [4.78, 5) is 39.0. The van der Waals surface area contributed by atoms with Gasteiger partial charge in [-0.2, -0.15) is 0 Å². The number of hydroxylamine groups is 1. The summed E-state index contributed by atoms with van der Waals surface area (Å²) < 4.78 is 0. The Labute approximate surface area is 205 Å². The average Bonchev–Trinajstić information content (AvgIpc) is 3.35. The molecule has 2 fully saturated rings. The molecule has 0 radical (unpaired) electrons. The van der Waals surface area contributed by atoms with Gasteiger partial charge < -0.3 is 0 Å². The van der Waals surface area contributed by atoms with E-state index in [9.17, 15) is 9.59 Å². The highest BCUT2D eigenvalue weighted by Crippen LogP contribution is 2.49. The molecule has 2 aliphatic rings. The van der Waals surface area contributed by atoms with Crippen LogP contribution in [-0.2, 0) is 14.4 Å². The molecule has 8 heteroatoms. The van der Waals surface area contributed by atoms with Gasteiger partial charge in [-0.1, -0.05) is 65.7 Å². The van der Waals surface area contributed by atoms with E-state index in [1.165, 1.54) is 0 Å². The Kier molecular flexibility index (Phi) is 5.03. The summed E-state index contributed by atoms with van der Waals surface area (Å²) in [6.07, 6.45) is -1.00. The number of aromatic nitrogens is 1. The Bertz CT molecular complexity index is 1450. The number of imide groups is 1. The number of carbonyl (C=O) groups is 2. The minimum atomic E-state index is -1.00. The van der Waals surface area contributed by atoms with Crippen LogP contribution in [0.2, 0.25) is 10.2 Å². The molecule has 3 heterocycles. The smallest absolute Gasteiger partial charge is 0.266 e. The number of benzene rings is 3. The maximum atomic E-state index is 13.7. The molecule has 0 spiro atoms. The van der Waals surface area contributed by atoms with Crippen LogP contribution < -0.4 is 9.96 Å². The topological polar surface area (TPSA) is 62.7 Å². The zero-order chi connectivity index (χ0) is 23.4. The lowest BCUT2D eigenvalue weighted by Gasteiger charge is -2.29. The minimum Gasteiger partial charge on any atom is -0.273 e. The Morgan fingerprint density at radius 3 is 2.32 bits per heavy atom. The van der Waals surface area contributed by atoms with Gasteiger partial charge in [0, 0.05) is 16.0 Å². The summed E-state index contributed by atoms with van der Waals surface area (Å²) in [7, 11) is 0. The molecule has 4 aromatic rings. The molecule has 3 atom stereocenters. The van der Waals surface area contributed by atoms with Gasteiger partial charge in [0.05, 0.1) is 22.9 Å². The molecular weight excluding hydrogens is 473 g/mol. The van der Waals surface area contributed by atoms with Gasteiger partial charge in [-0.15, -0.1) is 0 Å². The van der Waals surface area contributed by atoms with Crippen molar-refractivity contribution in [2.45, 2.75) is 12.1 Å². The molecule has 0 bridgehead atoms. The number of halogens is 2. The lowest BCUT2D eigenvalue weighted by molar-refractivity contribution is -0.126. The Hall–Kier alpha value is -3.45. The molecule has 168 valence electrons. The van der Waals surface area contributed by atoms with Gasteiger partial charge in [0.25, 0.3) is 5.91 Å². The zero-order valence-electron chi connectivity index (χ0n) is 17.6. The standard InChI is InChI=1S/C26H17Cl2N3O3/c27-16-8-6-11-18(14-16)30-25(32)21-22(19-13-15-7-4-5-12-20(15)29-24(19)28)31(34-23(21)26(30)33)17-9-2-1-3-10-17/h1-14,21-23H/t21-,22-,23+/m0/s1. The number of hydrogen-bond acceptors (Lipinski definition) is 5. The molecule has 0 unspecified atom stereocenters. The molecule has 6 nitrogen and oxygen atoms in total. The van der Waals surface area contributed by atoms with Crippen molar-refractivity contribution >= 4 is 57.3 Å². The molecule has 2 amide bonds. The summed E-state index contributed by atoms with van der Waals surface area (Å²) in [5, 5.41) is 3.18. The molecule has 0 saturated carbocycles. The van der Waals surface area contributed by atoms with Crippen LogP contribution in [0, 0.1) is 5.92 Å². The van der Waals surface area contributed by atoms with Gasteiger partial charge in [-0.05, 0) is 42.5 Å². The van der Waals surface area contributed by atoms with Crippen molar-refractivity contribution in [1.29, 1.82) is 0 Å². The quantitative estimate of drug-likeness (QED) is 0.277.